The normalized spacial score (nSPS) is 20.2. The van der Waals surface area contributed by atoms with Crippen LogP contribution >= 0.6 is 0 Å². The van der Waals surface area contributed by atoms with E-state index in [0.717, 1.165) is 60.9 Å². The highest BCUT2D eigenvalue weighted by molar-refractivity contribution is 5.80. The van der Waals surface area contributed by atoms with Crippen molar-refractivity contribution in [2.24, 2.45) is 0 Å². The van der Waals surface area contributed by atoms with Gasteiger partial charge in [-0.25, -0.2) is 4.98 Å². The second-order valence-electron chi connectivity index (χ2n) is 8.66. The number of likely N-dealkylation sites (tertiary alicyclic amines) is 1. The number of hydrogen-bond donors (Lipinski definition) is 1. The molecule has 1 unspecified atom stereocenters. The van der Waals surface area contributed by atoms with Gasteiger partial charge in [0.15, 0.2) is 6.10 Å². The Morgan fingerprint density at radius 1 is 1.28 bits per heavy atom. The molecule has 32 heavy (non-hydrogen) atoms. The lowest BCUT2D eigenvalue weighted by molar-refractivity contribution is -0.174. The molecule has 1 spiro atoms. The zero-order valence-electron chi connectivity index (χ0n) is 18.5. The number of fused-ring (bicyclic) bond motifs is 2. The number of hydrogen-bond acceptors (Lipinski definition) is 7. The zero-order chi connectivity index (χ0) is 22.1. The molecule has 1 amide bonds. The lowest BCUT2D eigenvalue weighted by Crippen LogP contribution is -2.53. The average molecular weight is 437 g/mol. The molecule has 1 atom stereocenters. The maximum atomic E-state index is 13.0. The molecule has 0 aromatic carbocycles. The van der Waals surface area contributed by atoms with Crippen molar-refractivity contribution < 1.29 is 14.1 Å². The van der Waals surface area contributed by atoms with E-state index in [4.69, 9.17) is 9.26 Å². The van der Waals surface area contributed by atoms with Crippen LogP contribution in [0.5, 0.6) is 0 Å². The van der Waals surface area contributed by atoms with E-state index in [1.165, 1.54) is 0 Å². The van der Waals surface area contributed by atoms with Gasteiger partial charge in [0.2, 0.25) is 0 Å². The summed E-state index contributed by atoms with van der Waals surface area (Å²) >= 11 is 0. The van der Waals surface area contributed by atoms with Crippen molar-refractivity contribution in [3.05, 3.63) is 65.3 Å². The van der Waals surface area contributed by atoms with E-state index in [9.17, 15) is 4.79 Å². The van der Waals surface area contributed by atoms with Crippen molar-refractivity contribution in [1.82, 2.24) is 29.9 Å². The van der Waals surface area contributed by atoms with Gasteiger partial charge in [-0.15, -0.1) is 0 Å². The van der Waals surface area contributed by atoms with Crippen LogP contribution in [0.3, 0.4) is 0 Å². The molecule has 5 rings (SSSR count). The van der Waals surface area contributed by atoms with Crippen LogP contribution in [-0.2, 0) is 34.8 Å². The number of nitrogens with one attached hydrogen (secondary N) is 1. The van der Waals surface area contributed by atoms with E-state index in [-0.39, 0.29) is 5.91 Å². The molecule has 0 saturated carbocycles. The molecular weight excluding hydrogens is 408 g/mol. The summed E-state index contributed by atoms with van der Waals surface area (Å²) in [7, 11) is 0. The Bertz CT molecular complexity index is 1060. The van der Waals surface area contributed by atoms with E-state index < -0.39 is 11.7 Å². The molecule has 3 aromatic rings. The van der Waals surface area contributed by atoms with Crippen molar-refractivity contribution >= 4 is 5.91 Å². The van der Waals surface area contributed by atoms with E-state index in [1.54, 1.807) is 18.6 Å². The number of rotatable bonds is 5. The van der Waals surface area contributed by atoms with Gasteiger partial charge in [-0.05, 0) is 38.3 Å². The molecule has 1 fully saturated rings. The van der Waals surface area contributed by atoms with Crippen LogP contribution in [0, 0.1) is 13.8 Å². The largest absolute Gasteiger partial charge is 0.361 e. The van der Waals surface area contributed by atoms with Gasteiger partial charge in [0.05, 0.1) is 12.2 Å². The molecule has 9 nitrogen and oxygen atoms in total. The first-order chi connectivity index (χ1) is 15.5. The van der Waals surface area contributed by atoms with E-state index >= 15 is 0 Å². The van der Waals surface area contributed by atoms with Crippen LogP contribution in [0.25, 0.3) is 0 Å². The summed E-state index contributed by atoms with van der Waals surface area (Å²) in [5.41, 5.74) is 2.51. The molecule has 5 heterocycles. The van der Waals surface area contributed by atoms with Crippen LogP contribution in [0.1, 0.15) is 41.2 Å². The fraction of sp³-hybridized carbons (Fsp3) is 0.478. The number of carbonyl (C=O) groups is 1. The standard InChI is InChI=1S/C23H28N6O3/c1-16-19(17(2)32-27-16)14-28-9-5-23(6-10-28)22-25-8-11-29(22)15-20(31-23)21(30)26-13-18-4-3-7-24-12-18/h3-4,7-8,11-12,20H,5-6,9-10,13-15H2,1-2H3,(H,26,30). The van der Waals surface area contributed by atoms with Crippen molar-refractivity contribution in [2.45, 2.75) is 58.0 Å². The summed E-state index contributed by atoms with van der Waals surface area (Å²) in [5, 5.41) is 7.07. The van der Waals surface area contributed by atoms with Crippen molar-refractivity contribution in [1.29, 1.82) is 0 Å². The molecule has 2 aliphatic rings. The van der Waals surface area contributed by atoms with Gasteiger partial charge < -0.3 is 19.1 Å². The number of aromatic nitrogens is 4. The Labute approximate surface area is 186 Å². The highest BCUT2D eigenvalue weighted by Gasteiger charge is 2.47. The summed E-state index contributed by atoms with van der Waals surface area (Å²) in [6.07, 6.45) is 8.22. The summed E-state index contributed by atoms with van der Waals surface area (Å²) < 4.78 is 13.9. The van der Waals surface area contributed by atoms with Crippen molar-refractivity contribution in [3.63, 3.8) is 0 Å². The van der Waals surface area contributed by atoms with Crippen LogP contribution < -0.4 is 5.32 Å². The molecule has 9 heteroatoms. The molecule has 2 aliphatic heterocycles. The van der Waals surface area contributed by atoms with Gasteiger partial charge in [0.25, 0.3) is 5.91 Å². The minimum absolute atomic E-state index is 0.106. The molecule has 0 bridgehead atoms. The summed E-state index contributed by atoms with van der Waals surface area (Å²) in [6.45, 7) is 7.34. The fourth-order valence-corrected chi connectivity index (χ4v) is 4.70. The Balaban J connectivity index is 1.27. The number of imidazole rings is 1. The lowest BCUT2D eigenvalue weighted by Gasteiger charge is -2.45. The Morgan fingerprint density at radius 3 is 2.84 bits per heavy atom. The van der Waals surface area contributed by atoms with Crippen LogP contribution in [0.4, 0.5) is 0 Å². The second kappa shape index (κ2) is 8.48. The highest BCUT2D eigenvalue weighted by Crippen LogP contribution is 2.40. The van der Waals surface area contributed by atoms with Crippen molar-refractivity contribution in [3.8, 4) is 0 Å². The Hall–Kier alpha value is -3.04. The summed E-state index contributed by atoms with van der Waals surface area (Å²) in [6, 6.07) is 3.81. The van der Waals surface area contributed by atoms with Gasteiger partial charge in [-0.2, -0.15) is 0 Å². The number of aryl methyl sites for hydroxylation is 2. The van der Waals surface area contributed by atoms with Gasteiger partial charge in [0.1, 0.15) is 17.2 Å². The van der Waals surface area contributed by atoms with Crippen LogP contribution in [0.15, 0.2) is 41.4 Å². The quantitative estimate of drug-likeness (QED) is 0.654. The van der Waals surface area contributed by atoms with Gasteiger partial charge >= 0.3 is 0 Å². The number of pyridine rings is 1. The molecular formula is C23H28N6O3. The number of amides is 1. The first-order valence-corrected chi connectivity index (χ1v) is 11.0. The first kappa shape index (κ1) is 20.8. The third-order valence-electron chi connectivity index (χ3n) is 6.56. The maximum absolute atomic E-state index is 13.0. The molecule has 1 N–H and O–H groups in total. The smallest absolute Gasteiger partial charge is 0.251 e. The van der Waals surface area contributed by atoms with E-state index in [1.807, 2.05) is 32.2 Å². The number of ether oxygens (including phenoxy) is 1. The third kappa shape index (κ3) is 3.93. The number of nitrogens with zero attached hydrogens (tertiary/aromatic N) is 5. The maximum Gasteiger partial charge on any atom is 0.251 e. The molecule has 3 aromatic heterocycles. The number of piperidine rings is 1. The molecule has 1 saturated heterocycles. The van der Waals surface area contributed by atoms with Gasteiger partial charge in [0, 0.05) is 56.5 Å². The van der Waals surface area contributed by atoms with Crippen LogP contribution in [-0.4, -0.2) is 49.7 Å². The third-order valence-corrected chi connectivity index (χ3v) is 6.56. The molecule has 0 radical (unpaired) electrons. The predicted molar refractivity (Wildman–Crippen MR) is 115 cm³/mol. The fourth-order valence-electron chi connectivity index (χ4n) is 4.70. The van der Waals surface area contributed by atoms with E-state index in [0.29, 0.717) is 13.1 Å². The zero-order valence-corrected chi connectivity index (χ0v) is 18.5. The topological polar surface area (TPSA) is 98.3 Å². The van der Waals surface area contributed by atoms with Crippen molar-refractivity contribution in [2.75, 3.05) is 13.1 Å². The molecule has 0 aliphatic carbocycles. The summed E-state index contributed by atoms with van der Waals surface area (Å²) in [5.74, 6) is 1.69. The van der Waals surface area contributed by atoms with E-state index in [2.05, 4.69) is 29.9 Å². The highest BCUT2D eigenvalue weighted by atomic mass is 16.5. The SMILES string of the molecule is Cc1noc(C)c1CN1CCC2(CC1)OC(C(=O)NCc1cccnc1)Cn1ccnc12. The minimum Gasteiger partial charge on any atom is -0.361 e. The lowest BCUT2D eigenvalue weighted by atomic mass is 9.88. The minimum atomic E-state index is -0.553. The second-order valence-corrected chi connectivity index (χ2v) is 8.66. The summed E-state index contributed by atoms with van der Waals surface area (Å²) in [4.78, 5) is 24.1. The van der Waals surface area contributed by atoms with Gasteiger partial charge in [-0.3, -0.25) is 14.7 Å². The van der Waals surface area contributed by atoms with Gasteiger partial charge in [-0.1, -0.05) is 11.2 Å². The monoisotopic (exact) mass is 436 g/mol. The number of carbonyl (C=O) groups excluding carboxylic acids is 1. The predicted octanol–water partition coefficient (Wildman–Crippen LogP) is 2.09. The molecule has 168 valence electrons. The Morgan fingerprint density at radius 2 is 2.12 bits per heavy atom. The average Bonchev–Trinajstić information content (AvgIpc) is 3.42. The van der Waals surface area contributed by atoms with Crippen LogP contribution in [0.2, 0.25) is 0 Å². The Kier molecular flexibility index (Phi) is 5.52. The first-order valence-electron chi connectivity index (χ1n) is 11.0.